The molecule has 1 heterocycles. The van der Waals surface area contributed by atoms with Crippen LogP contribution in [0.3, 0.4) is 0 Å². The van der Waals surface area contributed by atoms with Gasteiger partial charge in [-0.15, -0.1) is 0 Å². The van der Waals surface area contributed by atoms with E-state index in [1.54, 1.807) is 0 Å². The second kappa shape index (κ2) is 6.63. The monoisotopic (exact) mass is 295 g/mol. The fourth-order valence-electron chi connectivity index (χ4n) is 4.58. The average molecular weight is 295 g/mol. The van der Waals surface area contributed by atoms with E-state index < -0.39 is 0 Å². The molecule has 5 heteroatoms. The van der Waals surface area contributed by atoms with Crippen LogP contribution in [0.4, 0.5) is 0 Å². The average Bonchev–Trinajstić information content (AvgIpc) is 2.47. The molecule has 0 radical (unpaired) electrons. The number of piperazine rings is 1. The van der Waals surface area contributed by atoms with Crippen LogP contribution in [-0.2, 0) is 4.79 Å². The first-order chi connectivity index (χ1) is 10.2. The van der Waals surface area contributed by atoms with Gasteiger partial charge in [-0.1, -0.05) is 6.42 Å². The number of hydrogen-bond donors (Lipinski definition) is 2. The largest absolute Gasteiger partial charge is 0.395 e. The molecular formula is C16H29N3O2. The van der Waals surface area contributed by atoms with Crippen molar-refractivity contribution in [2.75, 3.05) is 39.3 Å². The van der Waals surface area contributed by atoms with Crippen molar-refractivity contribution in [3.05, 3.63) is 0 Å². The van der Waals surface area contributed by atoms with E-state index in [-0.39, 0.29) is 12.5 Å². The number of carbonyl (C=O) groups is 1. The zero-order valence-electron chi connectivity index (χ0n) is 12.9. The zero-order valence-corrected chi connectivity index (χ0v) is 12.9. The maximum Gasteiger partial charge on any atom is 0.225 e. The highest BCUT2D eigenvalue weighted by molar-refractivity contribution is 5.79. The van der Waals surface area contributed by atoms with Crippen molar-refractivity contribution in [2.45, 2.75) is 38.1 Å². The van der Waals surface area contributed by atoms with E-state index >= 15 is 0 Å². The Labute approximate surface area is 127 Å². The normalized spacial score (nSPS) is 37.5. The molecule has 2 atom stereocenters. The Kier molecular flexibility index (Phi) is 4.82. The zero-order chi connectivity index (χ0) is 14.8. The molecule has 0 aromatic rings. The quantitative estimate of drug-likeness (QED) is 0.784. The van der Waals surface area contributed by atoms with Crippen molar-refractivity contribution in [3.8, 4) is 0 Å². The van der Waals surface area contributed by atoms with Gasteiger partial charge in [0.25, 0.3) is 0 Å². The fraction of sp³-hybridized carbons (Fsp3) is 0.938. The second-order valence-corrected chi connectivity index (χ2v) is 7.09. The van der Waals surface area contributed by atoms with Gasteiger partial charge in [0, 0.05) is 44.7 Å². The predicted octanol–water partition coefficient (Wildman–Crippen LogP) is 0.277. The van der Waals surface area contributed by atoms with Crippen molar-refractivity contribution in [1.82, 2.24) is 9.80 Å². The van der Waals surface area contributed by atoms with Gasteiger partial charge in [-0.25, -0.2) is 0 Å². The number of hydrogen-bond acceptors (Lipinski definition) is 4. The molecule has 2 unspecified atom stereocenters. The first-order valence-corrected chi connectivity index (χ1v) is 8.56. The van der Waals surface area contributed by atoms with E-state index in [2.05, 4.69) is 4.90 Å². The van der Waals surface area contributed by atoms with Crippen LogP contribution in [0.5, 0.6) is 0 Å². The molecule has 0 aromatic heterocycles. The molecule has 2 saturated carbocycles. The number of β-amino-alcohol motifs (C(OH)–C–C–N with tert-alkyl or cyclic N) is 1. The van der Waals surface area contributed by atoms with Crippen LogP contribution in [0.15, 0.2) is 0 Å². The highest BCUT2D eigenvalue weighted by atomic mass is 16.3. The van der Waals surface area contributed by atoms with E-state index in [9.17, 15) is 4.79 Å². The van der Waals surface area contributed by atoms with Gasteiger partial charge in [-0.2, -0.15) is 0 Å². The topological polar surface area (TPSA) is 69.8 Å². The van der Waals surface area contributed by atoms with Gasteiger partial charge in [-0.3, -0.25) is 9.69 Å². The molecular weight excluding hydrogens is 266 g/mol. The van der Waals surface area contributed by atoms with Crippen LogP contribution in [0.25, 0.3) is 0 Å². The van der Waals surface area contributed by atoms with Crippen molar-refractivity contribution in [1.29, 1.82) is 0 Å². The predicted molar refractivity (Wildman–Crippen MR) is 81.6 cm³/mol. The van der Waals surface area contributed by atoms with Gasteiger partial charge in [-0.05, 0) is 37.5 Å². The minimum atomic E-state index is 0.206. The molecule has 21 heavy (non-hydrogen) atoms. The van der Waals surface area contributed by atoms with Crippen LogP contribution < -0.4 is 5.73 Å². The third-order valence-electron chi connectivity index (χ3n) is 5.86. The summed E-state index contributed by atoms with van der Waals surface area (Å²) in [6, 6.07) is 0.337. The Balaban J connectivity index is 1.54. The molecule has 3 rings (SSSR count). The fourth-order valence-corrected chi connectivity index (χ4v) is 4.58. The summed E-state index contributed by atoms with van der Waals surface area (Å²) in [5.41, 5.74) is 6.32. The van der Waals surface area contributed by atoms with Crippen LogP contribution >= 0.6 is 0 Å². The number of fused-ring (bicyclic) bond motifs is 2. The molecule has 0 aromatic carbocycles. The van der Waals surface area contributed by atoms with Gasteiger partial charge < -0.3 is 15.7 Å². The maximum atomic E-state index is 12.8. The lowest BCUT2D eigenvalue weighted by Gasteiger charge is -2.45. The summed E-state index contributed by atoms with van der Waals surface area (Å²) in [4.78, 5) is 17.1. The summed E-state index contributed by atoms with van der Waals surface area (Å²) >= 11 is 0. The van der Waals surface area contributed by atoms with Gasteiger partial charge in [0.1, 0.15) is 0 Å². The molecule has 1 saturated heterocycles. The molecule has 5 nitrogen and oxygen atoms in total. The van der Waals surface area contributed by atoms with Crippen LogP contribution in [-0.4, -0.2) is 66.2 Å². The van der Waals surface area contributed by atoms with Gasteiger partial charge >= 0.3 is 0 Å². The lowest BCUT2D eigenvalue weighted by molar-refractivity contribution is -0.140. The van der Waals surface area contributed by atoms with Crippen molar-refractivity contribution in [2.24, 2.45) is 23.5 Å². The Morgan fingerprint density at radius 2 is 1.71 bits per heavy atom. The molecule has 0 spiro atoms. The minimum absolute atomic E-state index is 0.206. The Morgan fingerprint density at radius 1 is 1.10 bits per heavy atom. The lowest BCUT2D eigenvalue weighted by atomic mass is 9.65. The van der Waals surface area contributed by atoms with Crippen LogP contribution in [0.1, 0.15) is 32.1 Å². The number of rotatable bonds is 3. The molecule has 120 valence electrons. The molecule has 3 fully saturated rings. The summed E-state index contributed by atoms with van der Waals surface area (Å²) in [7, 11) is 0. The van der Waals surface area contributed by atoms with E-state index in [0.717, 1.165) is 45.6 Å². The number of aliphatic hydroxyl groups is 1. The molecule has 3 N–H and O–H groups in total. The van der Waals surface area contributed by atoms with Crippen LogP contribution in [0.2, 0.25) is 0 Å². The third kappa shape index (κ3) is 3.25. The Hall–Kier alpha value is -0.650. The summed E-state index contributed by atoms with van der Waals surface area (Å²) in [5, 5.41) is 8.98. The van der Waals surface area contributed by atoms with Crippen LogP contribution in [0, 0.1) is 17.8 Å². The van der Waals surface area contributed by atoms with Gasteiger partial charge in [0.2, 0.25) is 5.91 Å². The van der Waals surface area contributed by atoms with Gasteiger partial charge in [0.15, 0.2) is 0 Å². The third-order valence-corrected chi connectivity index (χ3v) is 5.86. The molecule has 1 aliphatic heterocycles. The van der Waals surface area contributed by atoms with E-state index in [1.165, 1.54) is 19.3 Å². The highest BCUT2D eigenvalue weighted by Gasteiger charge is 2.41. The SMILES string of the molecule is NC1C2CCCC1CC(C(=O)N1CCN(CCO)CC1)C2. The number of nitrogens with two attached hydrogens (primary N) is 1. The summed E-state index contributed by atoms with van der Waals surface area (Å²) in [6.45, 7) is 4.35. The lowest BCUT2D eigenvalue weighted by Crippen LogP contribution is -2.54. The first kappa shape index (κ1) is 15.3. The minimum Gasteiger partial charge on any atom is -0.395 e. The smallest absolute Gasteiger partial charge is 0.225 e. The molecule has 2 aliphatic carbocycles. The molecule has 3 aliphatic rings. The van der Waals surface area contributed by atoms with Crippen molar-refractivity contribution in [3.63, 3.8) is 0 Å². The van der Waals surface area contributed by atoms with E-state index in [0.29, 0.717) is 23.8 Å². The van der Waals surface area contributed by atoms with Gasteiger partial charge in [0.05, 0.1) is 6.61 Å². The summed E-state index contributed by atoms with van der Waals surface area (Å²) in [5.74, 6) is 1.72. The number of nitrogens with zero attached hydrogens (tertiary/aromatic N) is 2. The number of amides is 1. The van der Waals surface area contributed by atoms with Crippen molar-refractivity contribution >= 4 is 5.91 Å². The summed E-state index contributed by atoms with van der Waals surface area (Å²) < 4.78 is 0. The maximum absolute atomic E-state index is 12.8. The van der Waals surface area contributed by atoms with Crippen molar-refractivity contribution < 1.29 is 9.90 Å². The molecule has 2 bridgehead atoms. The molecule has 1 amide bonds. The second-order valence-electron chi connectivity index (χ2n) is 7.09. The highest BCUT2D eigenvalue weighted by Crippen LogP contribution is 2.42. The standard InChI is InChI=1S/C16H29N3O2/c17-15-12-2-1-3-13(15)11-14(10-12)16(21)19-6-4-18(5-7-19)8-9-20/h12-15,20H,1-11,17H2. The van der Waals surface area contributed by atoms with E-state index in [4.69, 9.17) is 10.8 Å². The Morgan fingerprint density at radius 3 is 2.29 bits per heavy atom. The first-order valence-electron chi connectivity index (χ1n) is 8.56. The number of aliphatic hydroxyl groups excluding tert-OH is 1. The summed E-state index contributed by atoms with van der Waals surface area (Å²) in [6.07, 6.45) is 5.74. The van der Waals surface area contributed by atoms with E-state index in [1.807, 2.05) is 4.90 Å². The Bertz CT molecular complexity index is 355. The number of carbonyl (C=O) groups excluding carboxylic acids is 1.